The molecule has 1 aromatic carbocycles. The summed E-state index contributed by atoms with van der Waals surface area (Å²) in [4.78, 5) is 0. The molecule has 0 aromatic heterocycles. The predicted octanol–water partition coefficient (Wildman–Crippen LogP) is 2.66. The molecule has 0 amide bonds. The van der Waals surface area contributed by atoms with Gasteiger partial charge in [-0.05, 0) is 18.1 Å². The number of fused-ring (bicyclic) bond motifs is 1. The number of hydrogen-bond acceptors (Lipinski definition) is 0. The second-order valence-corrected chi connectivity index (χ2v) is 2.66. The molecule has 0 spiro atoms. The molecular weight excluding hydrogens is 120 g/mol. The highest BCUT2D eigenvalue weighted by atomic mass is 14.1. The molecule has 0 saturated heterocycles. The Morgan fingerprint density at radius 1 is 1.00 bits per heavy atom. The van der Waals surface area contributed by atoms with Gasteiger partial charge in [-0.25, -0.2) is 0 Å². The van der Waals surface area contributed by atoms with Crippen molar-refractivity contribution in [2.75, 3.05) is 0 Å². The zero-order chi connectivity index (χ0) is 6.97. The topological polar surface area (TPSA) is 0 Å². The Bertz CT molecular complexity index is 282. The van der Waals surface area contributed by atoms with Gasteiger partial charge in [-0.1, -0.05) is 35.9 Å². The quantitative estimate of drug-likeness (QED) is 0.505. The fourth-order valence-corrected chi connectivity index (χ4v) is 1.31. The number of hydrogen-bond donors (Lipinski definition) is 0. The normalized spacial score (nSPS) is 14.7. The maximum absolute atomic E-state index is 2.20. The fraction of sp³-hybridized carbons (Fsp3) is 0.100. The van der Waals surface area contributed by atoms with Gasteiger partial charge in [0.15, 0.2) is 0 Å². The fourth-order valence-electron chi connectivity index (χ4n) is 1.31. The van der Waals surface area contributed by atoms with E-state index in [4.69, 9.17) is 0 Å². The average Bonchev–Trinajstić information content (AvgIpc) is 2.27. The van der Waals surface area contributed by atoms with Crippen LogP contribution in [-0.4, -0.2) is 0 Å². The number of benzene rings is 1. The first-order valence-electron chi connectivity index (χ1n) is 3.48. The van der Waals surface area contributed by atoms with Gasteiger partial charge < -0.3 is 0 Å². The highest BCUT2D eigenvalue weighted by molar-refractivity contribution is 5.68. The van der Waals surface area contributed by atoms with Crippen molar-refractivity contribution in [3.8, 4) is 0 Å². The minimum atomic E-state index is 1.35. The van der Waals surface area contributed by atoms with Crippen molar-refractivity contribution < 1.29 is 0 Å². The molecule has 0 saturated carbocycles. The van der Waals surface area contributed by atoms with Crippen LogP contribution in [0, 0.1) is 6.42 Å². The maximum atomic E-state index is 2.20. The predicted molar refractivity (Wildman–Crippen MR) is 43.5 cm³/mol. The van der Waals surface area contributed by atoms with E-state index in [1.807, 2.05) is 0 Å². The van der Waals surface area contributed by atoms with Crippen LogP contribution in [0.1, 0.15) is 18.1 Å². The van der Waals surface area contributed by atoms with Gasteiger partial charge in [0.1, 0.15) is 0 Å². The molecule has 0 atom stereocenters. The first kappa shape index (κ1) is 5.72. The van der Waals surface area contributed by atoms with Gasteiger partial charge in [-0.3, -0.25) is 0 Å². The molecule has 1 radical (unpaired) electrons. The van der Waals surface area contributed by atoms with Crippen molar-refractivity contribution in [3.05, 3.63) is 47.4 Å². The third-order valence-corrected chi connectivity index (χ3v) is 1.76. The van der Waals surface area contributed by atoms with Gasteiger partial charge >= 0.3 is 0 Å². The summed E-state index contributed by atoms with van der Waals surface area (Å²) in [6.45, 7) is 2.12. The van der Waals surface area contributed by atoms with Crippen LogP contribution in [0.4, 0.5) is 0 Å². The van der Waals surface area contributed by atoms with Gasteiger partial charge in [-0.2, -0.15) is 0 Å². The van der Waals surface area contributed by atoms with E-state index < -0.39 is 0 Å². The lowest BCUT2D eigenvalue weighted by Gasteiger charge is -1.93. The molecule has 1 aliphatic rings. The minimum Gasteiger partial charge on any atom is -0.0643 e. The molecule has 0 heteroatoms. The lowest BCUT2D eigenvalue weighted by Crippen LogP contribution is -1.76. The monoisotopic (exact) mass is 129 g/mol. The van der Waals surface area contributed by atoms with Crippen molar-refractivity contribution in [2.24, 2.45) is 0 Å². The van der Waals surface area contributed by atoms with E-state index in [1.165, 1.54) is 16.7 Å². The second kappa shape index (κ2) is 1.98. The van der Waals surface area contributed by atoms with Crippen LogP contribution in [-0.2, 0) is 0 Å². The Morgan fingerprint density at radius 3 is 2.40 bits per heavy atom. The van der Waals surface area contributed by atoms with Crippen LogP contribution in [0.25, 0.3) is 6.08 Å². The van der Waals surface area contributed by atoms with E-state index in [2.05, 4.69) is 43.7 Å². The number of rotatable bonds is 0. The van der Waals surface area contributed by atoms with Crippen molar-refractivity contribution in [1.29, 1.82) is 0 Å². The molecule has 10 heavy (non-hydrogen) atoms. The highest BCUT2D eigenvalue weighted by Crippen LogP contribution is 2.25. The van der Waals surface area contributed by atoms with Crippen LogP contribution >= 0.6 is 0 Å². The summed E-state index contributed by atoms with van der Waals surface area (Å²) in [5.74, 6) is 0. The summed E-state index contributed by atoms with van der Waals surface area (Å²) < 4.78 is 0. The summed E-state index contributed by atoms with van der Waals surface area (Å²) in [7, 11) is 0. The standard InChI is InChI=1S/C10H9/c1-8-6-9-4-2-3-5-10(9)7-8/h2-7H,1H3. The largest absolute Gasteiger partial charge is 0.0643 e. The summed E-state index contributed by atoms with van der Waals surface area (Å²) in [6.07, 6.45) is 4.41. The van der Waals surface area contributed by atoms with Gasteiger partial charge in [0.25, 0.3) is 0 Å². The highest BCUT2D eigenvalue weighted by Gasteiger charge is 2.06. The van der Waals surface area contributed by atoms with Crippen molar-refractivity contribution in [2.45, 2.75) is 6.92 Å². The Hall–Kier alpha value is -1.04. The van der Waals surface area contributed by atoms with Crippen molar-refractivity contribution in [3.63, 3.8) is 0 Å². The van der Waals surface area contributed by atoms with E-state index in [9.17, 15) is 0 Å². The summed E-state index contributed by atoms with van der Waals surface area (Å²) in [5.41, 5.74) is 4.04. The molecule has 1 aliphatic carbocycles. The molecule has 2 rings (SSSR count). The molecule has 49 valence electrons. The van der Waals surface area contributed by atoms with Gasteiger partial charge in [0.2, 0.25) is 0 Å². The van der Waals surface area contributed by atoms with E-state index in [1.54, 1.807) is 0 Å². The summed E-state index contributed by atoms with van der Waals surface area (Å²) >= 11 is 0. The molecule has 0 heterocycles. The maximum Gasteiger partial charge on any atom is 0.0161 e. The second-order valence-electron chi connectivity index (χ2n) is 2.66. The average molecular weight is 129 g/mol. The van der Waals surface area contributed by atoms with Crippen LogP contribution in [0.15, 0.2) is 29.8 Å². The van der Waals surface area contributed by atoms with Gasteiger partial charge in [0.05, 0.1) is 0 Å². The Labute approximate surface area is 61.2 Å². The minimum absolute atomic E-state index is 1.35. The first-order chi connectivity index (χ1) is 4.86. The molecule has 0 unspecified atom stereocenters. The zero-order valence-corrected chi connectivity index (χ0v) is 5.96. The molecule has 0 N–H and O–H groups in total. The van der Waals surface area contributed by atoms with Crippen molar-refractivity contribution in [1.82, 2.24) is 0 Å². The Morgan fingerprint density at radius 2 is 1.70 bits per heavy atom. The molecule has 0 aliphatic heterocycles. The third-order valence-electron chi connectivity index (χ3n) is 1.76. The summed E-state index contributed by atoms with van der Waals surface area (Å²) in [5, 5.41) is 0. The van der Waals surface area contributed by atoms with Crippen LogP contribution in [0.5, 0.6) is 0 Å². The Balaban J connectivity index is 2.54. The molecule has 0 nitrogen and oxygen atoms in total. The van der Waals surface area contributed by atoms with E-state index in [-0.39, 0.29) is 0 Å². The van der Waals surface area contributed by atoms with Crippen LogP contribution in [0.2, 0.25) is 0 Å². The third kappa shape index (κ3) is 0.766. The molecule has 0 fully saturated rings. The molecule has 0 bridgehead atoms. The van der Waals surface area contributed by atoms with Crippen LogP contribution in [0.3, 0.4) is 0 Å². The van der Waals surface area contributed by atoms with E-state index in [0.717, 1.165) is 0 Å². The SMILES string of the molecule is CC1=Cc2ccccc2[CH]1. The van der Waals surface area contributed by atoms with E-state index in [0.29, 0.717) is 0 Å². The van der Waals surface area contributed by atoms with E-state index >= 15 is 0 Å². The first-order valence-corrected chi connectivity index (χ1v) is 3.48. The smallest absolute Gasteiger partial charge is 0.0161 e. The van der Waals surface area contributed by atoms with Gasteiger partial charge in [-0.15, -0.1) is 0 Å². The lowest BCUT2D eigenvalue weighted by atomic mass is 10.1. The van der Waals surface area contributed by atoms with Crippen LogP contribution < -0.4 is 0 Å². The zero-order valence-electron chi connectivity index (χ0n) is 5.96. The number of allylic oxidation sites excluding steroid dienone is 1. The Kier molecular flexibility index (Phi) is 1.13. The molecule has 1 aromatic rings. The van der Waals surface area contributed by atoms with Crippen molar-refractivity contribution >= 4 is 6.08 Å². The van der Waals surface area contributed by atoms with Gasteiger partial charge in [0, 0.05) is 6.42 Å². The summed E-state index contributed by atoms with van der Waals surface area (Å²) in [6, 6.07) is 8.42. The lowest BCUT2D eigenvalue weighted by molar-refractivity contribution is 1.45. The molecular formula is C10H9.